The Balaban J connectivity index is 2.14. The molecular formula is C16H12BrF3N2O3S. The van der Waals surface area contributed by atoms with E-state index >= 15 is 0 Å². The molecular weight excluding hydrogens is 437 g/mol. The summed E-state index contributed by atoms with van der Waals surface area (Å²) in [7, 11) is 0. The van der Waals surface area contributed by atoms with E-state index in [-0.39, 0.29) is 10.4 Å². The number of halogens is 4. The second kappa shape index (κ2) is 6.67. The molecule has 26 heavy (non-hydrogen) atoms. The number of Topliss-reactive ketones (excluding diaryl/α,β-unsaturated/α-hetero) is 1. The van der Waals surface area contributed by atoms with E-state index in [1.807, 2.05) is 0 Å². The smallest absolute Gasteiger partial charge is 0.363 e. The summed E-state index contributed by atoms with van der Waals surface area (Å²) in [5.41, 5.74) is -3.44. The van der Waals surface area contributed by atoms with Crippen molar-refractivity contribution in [2.24, 2.45) is 5.92 Å². The van der Waals surface area contributed by atoms with Crippen LogP contribution in [0.1, 0.15) is 21.3 Å². The first kappa shape index (κ1) is 18.9. The van der Waals surface area contributed by atoms with Crippen LogP contribution in [0.3, 0.4) is 0 Å². The van der Waals surface area contributed by atoms with Crippen molar-refractivity contribution in [2.75, 3.05) is 0 Å². The summed E-state index contributed by atoms with van der Waals surface area (Å²) in [6.45, 7) is 0. The van der Waals surface area contributed by atoms with E-state index in [9.17, 15) is 27.9 Å². The Labute approximate surface area is 158 Å². The molecule has 2 heterocycles. The number of hydrogen-bond acceptors (Lipinski definition) is 4. The van der Waals surface area contributed by atoms with Crippen molar-refractivity contribution in [3.05, 3.63) is 56.7 Å². The largest absolute Gasteiger partial charge is 0.437 e. The maximum Gasteiger partial charge on any atom is 0.437 e. The molecule has 1 aliphatic rings. The number of urea groups is 1. The van der Waals surface area contributed by atoms with Crippen LogP contribution in [0.4, 0.5) is 18.0 Å². The van der Waals surface area contributed by atoms with Crippen molar-refractivity contribution in [3.8, 4) is 0 Å². The van der Waals surface area contributed by atoms with Gasteiger partial charge in [-0.1, -0.05) is 34.1 Å². The van der Waals surface area contributed by atoms with Gasteiger partial charge >= 0.3 is 12.2 Å². The minimum atomic E-state index is -5.25. The summed E-state index contributed by atoms with van der Waals surface area (Å²) in [5, 5.41) is 15.7. The fourth-order valence-electron chi connectivity index (χ4n) is 2.86. The molecule has 1 aliphatic heterocycles. The highest BCUT2D eigenvalue weighted by Gasteiger charge is 2.66. The Kier molecular flexibility index (Phi) is 4.84. The third kappa shape index (κ3) is 3.24. The van der Waals surface area contributed by atoms with Crippen molar-refractivity contribution in [2.45, 2.75) is 17.9 Å². The number of benzene rings is 1. The average molecular weight is 449 g/mol. The number of carbonyl (C=O) groups is 2. The first-order valence-corrected chi connectivity index (χ1v) is 9.02. The molecule has 3 atom stereocenters. The predicted octanol–water partition coefficient (Wildman–Crippen LogP) is 3.61. The summed E-state index contributed by atoms with van der Waals surface area (Å²) in [5.74, 6) is -2.92. The predicted molar refractivity (Wildman–Crippen MR) is 91.7 cm³/mol. The van der Waals surface area contributed by atoms with Crippen molar-refractivity contribution in [1.29, 1.82) is 0 Å². The number of aliphatic hydroxyl groups is 1. The molecule has 1 saturated heterocycles. The van der Waals surface area contributed by atoms with Crippen molar-refractivity contribution in [1.82, 2.24) is 10.6 Å². The van der Waals surface area contributed by atoms with Gasteiger partial charge in [0.05, 0.1) is 10.9 Å². The van der Waals surface area contributed by atoms with Crippen molar-refractivity contribution >= 4 is 39.1 Å². The highest BCUT2D eigenvalue weighted by molar-refractivity contribution is 9.10. The van der Waals surface area contributed by atoms with E-state index in [2.05, 4.69) is 21.2 Å². The molecule has 1 fully saturated rings. The lowest BCUT2D eigenvalue weighted by Gasteiger charge is -2.44. The van der Waals surface area contributed by atoms with E-state index in [0.29, 0.717) is 4.47 Å². The molecule has 0 spiro atoms. The summed E-state index contributed by atoms with van der Waals surface area (Å²) in [4.78, 5) is 24.7. The Morgan fingerprint density at radius 3 is 2.42 bits per heavy atom. The van der Waals surface area contributed by atoms with Gasteiger partial charge in [0.1, 0.15) is 5.92 Å². The molecule has 3 N–H and O–H groups in total. The van der Waals surface area contributed by atoms with Gasteiger partial charge in [0.25, 0.3) is 0 Å². The van der Waals surface area contributed by atoms with Crippen LogP contribution >= 0.6 is 27.3 Å². The molecule has 0 unspecified atom stereocenters. The summed E-state index contributed by atoms with van der Waals surface area (Å²) < 4.78 is 41.6. The van der Waals surface area contributed by atoms with Gasteiger partial charge in [-0.15, -0.1) is 11.3 Å². The fraction of sp³-hybridized carbons (Fsp3) is 0.250. The van der Waals surface area contributed by atoms with Gasteiger partial charge in [0, 0.05) is 4.47 Å². The molecule has 1 aromatic carbocycles. The van der Waals surface area contributed by atoms with E-state index in [0.717, 1.165) is 11.3 Å². The second-order valence-electron chi connectivity index (χ2n) is 5.71. The molecule has 3 rings (SSSR count). The molecule has 0 saturated carbocycles. The Bertz CT molecular complexity index is 826. The van der Waals surface area contributed by atoms with Gasteiger partial charge in [-0.3, -0.25) is 4.79 Å². The van der Waals surface area contributed by atoms with Crippen molar-refractivity contribution < 1.29 is 27.9 Å². The van der Waals surface area contributed by atoms with Gasteiger partial charge in [-0.2, -0.15) is 13.2 Å². The maximum atomic E-state index is 13.7. The molecule has 0 bridgehead atoms. The molecule has 1 aromatic heterocycles. The zero-order valence-corrected chi connectivity index (χ0v) is 15.3. The first-order valence-electron chi connectivity index (χ1n) is 7.34. The molecule has 2 amide bonds. The number of ketones is 1. The quantitative estimate of drug-likeness (QED) is 0.627. The number of amides is 2. The number of rotatable bonds is 3. The fourth-order valence-corrected chi connectivity index (χ4v) is 3.83. The van der Waals surface area contributed by atoms with Crippen LogP contribution in [-0.2, 0) is 0 Å². The molecule has 0 radical (unpaired) electrons. The number of nitrogens with one attached hydrogen (secondary N) is 2. The van der Waals surface area contributed by atoms with E-state index < -0.39 is 35.7 Å². The van der Waals surface area contributed by atoms with E-state index in [1.54, 1.807) is 17.5 Å². The molecule has 138 valence electrons. The van der Waals surface area contributed by atoms with Crippen LogP contribution in [0.5, 0.6) is 0 Å². The third-order valence-corrected chi connectivity index (χ3v) is 5.49. The van der Waals surface area contributed by atoms with Gasteiger partial charge in [0.2, 0.25) is 5.72 Å². The molecule has 2 aromatic rings. The summed E-state index contributed by atoms with van der Waals surface area (Å²) in [6, 6.07) is 6.42. The zero-order valence-electron chi connectivity index (χ0n) is 12.9. The van der Waals surface area contributed by atoms with Crippen LogP contribution in [0.25, 0.3) is 0 Å². The summed E-state index contributed by atoms with van der Waals surface area (Å²) in [6.07, 6.45) is -5.25. The third-order valence-electron chi connectivity index (χ3n) is 4.08. The average Bonchev–Trinajstić information content (AvgIpc) is 3.08. The Morgan fingerprint density at radius 1 is 1.23 bits per heavy atom. The van der Waals surface area contributed by atoms with Crippen LogP contribution in [0.2, 0.25) is 0 Å². The molecule has 10 heteroatoms. The number of hydrogen-bond donors (Lipinski definition) is 3. The van der Waals surface area contributed by atoms with Crippen LogP contribution < -0.4 is 10.6 Å². The minimum Gasteiger partial charge on any atom is -0.363 e. The lowest BCUT2D eigenvalue weighted by molar-refractivity contribution is -0.287. The number of thiophene rings is 1. The van der Waals surface area contributed by atoms with Crippen LogP contribution in [0.15, 0.2) is 46.3 Å². The van der Waals surface area contributed by atoms with Gasteiger partial charge in [-0.25, -0.2) is 4.79 Å². The molecule has 5 nitrogen and oxygen atoms in total. The monoisotopic (exact) mass is 448 g/mol. The van der Waals surface area contributed by atoms with Crippen LogP contribution in [-0.4, -0.2) is 28.8 Å². The maximum absolute atomic E-state index is 13.7. The normalized spacial score (nSPS) is 26.1. The van der Waals surface area contributed by atoms with Crippen molar-refractivity contribution in [3.63, 3.8) is 0 Å². The summed E-state index contributed by atoms with van der Waals surface area (Å²) >= 11 is 4.18. The van der Waals surface area contributed by atoms with Gasteiger partial charge < -0.3 is 15.7 Å². The van der Waals surface area contributed by atoms with E-state index in [1.165, 1.54) is 29.6 Å². The topological polar surface area (TPSA) is 78.4 Å². The number of carbonyl (C=O) groups excluding carboxylic acids is 2. The lowest BCUT2D eigenvalue weighted by Crippen LogP contribution is -2.72. The van der Waals surface area contributed by atoms with Crippen LogP contribution in [0, 0.1) is 5.92 Å². The SMILES string of the molecule is O=C1N[C@H](c2ccc(Br)cc2)[C@@H](C(=O)c2cccs2)[C@@](O)(C(F)(F)F)N1. The Morgan fingerprint density at radius 2 is 1.88 bits per heavy atom. The standard InChI is InChI=1S/C16H12BrF3N2O3S/c17-9-5-3-8(4-6-9)12-11(13(23)10-2-1-7-26-10)15(25,16(18,19)20)22-14(24)21-12/h1-7,11-12,25H,(H2,21,22,24)/t11-,12+,15+/m0/s1. The lowest BCUT2D eigenvalue weighted by atomic mass is 9.78. The van der Waals surface area contributed by atoms with E-state index in [4.69, 9.17) is 0 Å². The first-order chi connectivity index (χ1) is 12.1. The van der Waals surface area contributed by atoms with Gasteiger partial charge in [-0.05, 0) is 29.1 Å². The van der Waals surface area contributed by atoms with Gasteiger partial charge in [0.15, 0.2) is 5.78 Å². The number of alkyl halides is 3. The minimum absolute atomic E-state index is 0.0535. The Hall–Kier alpha value is -1.91. The second-order valence-corrected chi connectivity index (χ2v) is 7.57. The zero-order chi connectivity index (χ0) is 19.1. The highest BCUT2D eigenvalue weighted by atomic mass is 79.9. The highest BCUT2D eigenvalue weighted by Crippen LogP contribution is 2.44. The molecule has 0 aliphatic carbocycles.